The summed E-state index contributed by atoms with van der Waals surface area (Å²) >= 11 is 0. The molecular weight excluding hydrogens is 488 g/mol. The van der Waals surface area contributed by atoms with Crippen molar-refractivity contribution in [3.05, 3.63) is 90.1 Å². The molecule has 1 fully saturated rings. The molecule has 5 aromatic rings. The van der Waals surface area contributed by atoms with E-state index in [4.69, 9.17) is 10.1 Å². The van der Waals surface area contributed by atoms with E-state index >= 15 is 0 Å². The first-order chi connectivity index (χ1) is 17.9. The first-order valence-electron chi connectivity index (χ1n) is 11.9. The van der Waals surface area contributed by atoms with Crippen LogP contribution in [0.4, 0.5) is 5.82 Å². The van der Waals surface area contributed by atoms with E-state index < -0.39 is 10.0 Å². The van der Waals surface area contributed by atoms with Crippen LogP contribution in [0.3, 0.4) is 0 Å². The number of para-hydroxylation sites is 2. The van der Waals surface area contributed by atoms with Crippen molar-refractivity contribution in [1.82, 2.24) is 19.7 Å². The van der Waals surface area contributed by atoms with Gasteiger partial charge in [0.25, 0.3) is 5.91 Å². The average Bonchev–Trinajstić information content (AvgIpc) is 3.60. The van der Waals surface area contributed by atoms with Crippen LogP contribution in [0, 0.1) is 0 Å². The van der Waals surface area contributed by atoms with Crippen LogP contribution in [-0.2, 0) is 16.6 Å². The molecule has 0 unspecified atom stereocenters. The molecule has 2 aromatic heterocycles. The Morgan fingerprint density at radius 3 is 2.43 bits per heavy atom. The Balaban J connectivity index is 1.34. The van der Waals surface area contributed by atoms with Gasteiger partial charge in [0.1, 0.15) is 0 Å². The van der Waals surface area contributed by atoms with Crippen LogP contribution in [0.25, 0.3) is 27.9 Å². The van der Waals surface area contributed by atoms with Gasteiger partial charge in [0.2, 0.25) is 10.0 Å². The first kappa shape index (κ1) is 23.1. The second-order valence-corrected chi connectivity index (χ2v) is 10.7. The number of benzene rings is 3. The van der Waals surface area contributed by atoms with E-state index in [1.807, 2.05) is 52.9 Å². The lowest BCUT2D eigenvalue weighted by Crippen LogP contribution is -2.25. The van der Waals surface area contributed by atoms with E-state index in [0.717, 1.165) is 40.7 Å². The van der Waals surface area contributed by atoms with Gasteiger partial charge in [0.05, 0.1) is 27.8 Å². The number of imidazole rings is 1. The number of carbonyl (C=O) groups is 1. The van der Waals surface area contributed by atoms with E-state index in [0.29, 0.717) is 29.6 Å². The minimum atomic E-state index is -3.74. The zero-order valence-corrected chi connectivity index (χ0v) is 20.6. The Labute approximate surface area is 213 Å². The minimum absolute atomic E-state index is 0.0505. The van der Waals surface area contributed by atoms with E-state index in [-0.39, 0.29) is 10.8 Å². The molecular formula is C27H24N6O3S. The lowest BCUT2D eigenvalue weighted by atomic mass is 10.1. The van der Waals surface area contributed by atoms with Gasteiger partial charge in [0.15, 0.2) is 11.5 Å². The summed E-state index contributed by atoms with van der Waals surface area (Å²) in [4.78, 5) is 21.9. The normalized spacial score (nSPS) is 13.6. The van der Waals surface area contributed by atoms with E-state index in [1.165, 1.54) is 12.1 Å². The summed E-state index contributed by atoms with van der Waals surface area (Å²) in [5.41, 5.74) is 5.66. The molecule has 37 heavy (non-hydrogen) atoms. The lowest BCUT2D eigenvalue weighted by molar-refractivity contribution is 0.0951. The molecule has 4 N–H and O–H groups in total. The zero-order valence-electron chi connectivity index (χ0n) is 19.8. The van der Waals surface area contributed by atoms with Crippen molar-refractivity contribution in [3.8, 4) is 11.3 Å². The molecule has 1 amide bonds. The summed E-state index contributed by atoms with van der Waals surface area (Å²) in [5, 5.41) is 11.6. The number of primary sulfonamides is 1. The Morgan fingerprint density at radius 2 is 1.73 bits per heavy atom. The number of aromatic nitrogens is 3. The number of carbonyl (C=O) groups excluding carboxylic acids is 1. The molecule has 0 radical (unpaired) electrons. The predicted molar refractivity (Wildman–Crippen MR) is 142 cm³/mol. The van der Waals surface area contributed by atoms with Crippen molar-refractivity contribution >= 4 is 38.4 Å². The molecule has 6 rings (SSSR count). The van der Waals surface area contributed by atoms with Crippen LogP contribution in [0.2, 0.25) is 0 Å². The second-order valence-electron chi connectivity index (χ2n) is 9.12. The third-order valence-electron chi connectivity index (χ3n) is 6.40. The summed E-state index contributed by atoms with van der Waals surface area (Å²) in [5.74, 6) is 0.548. The number of nitrogens with two attached hydrogens (primary N) is 1. The maximum absolute atomic E-state index is 12.4. The van der Waals surface area contributed by atoms with E-state index in [9.17, 15) is 13.2 Å². The van der Waals surface area contributed by atoms with Crippen LogP contribution < -0.4 is 15.8 Å². The summed E-state index contributed by atoms with van der Waals surface area (Å²) in [6, 6.07) is 22.1. The van der Waals surface area contributed by atoms with Crippen molar-refractivity contribution in [3.63, 3.8) is 0 Å². The molecule has 0 bridgehead atoms. The van der Waals surface area contributed by atoms with Crippen molar-refractivity contribution in [2.24, 2.45) is 5.14 Å². The highest BCUT2D eigenvalue weighted by Crippen LogP contribution is 2.29. The van der Waals surface area contributed by atoms with Gasteiger partial charge in [-0.3, -0.25) is 9.20 Å². The quantitative estimate of drug-likeness (QED) is 0.305. The SMILES string of the molecule is NS(=O)(=O)c1ccc(CNc2nc3ccccc3n3c(-c4ccc(C(=O)NC5CC5)cc4)cnc23)cc1. The molecule has 2 heterocycles. The smallest absolute Gasteiger partial charge is 0.251 e. The monoisotopic (exact) mass is 512 g/mol. The highest BCUT2D eigenvalue weighted by Gasteiger charge is 2.24. The number of hydrogen-bond acceptors (Lipinski definition) is 6. The Kier molecular flexibility index (Phi) is 5.62. The largest absolute Gasteiger partial charge is 0.363 e. The van der Waals surface area contributed by atoms with Crippen LogP contribution >= 0.6 is 0 Å². The highest BCUT2D eigenvalue weighted by atomic mass is 32.2. The summed E-state index contributed by atoms with van der Waals surface area (Å²) < 4.78 is 25.1. The molecule has 3 aromatic carbocycles. The van der Waals surface area contributed by atoms with Gasteiger partial charge in [0, 0.05) is 23.7 Å². The third-order valence-corrected chi connectivity index (χ3v) is 7.33. The van der Waals surface area contributed by atoms with Gasteiger partial charge in [-0.15, -0.1) is 0 Å². The van der Waals surface area contributed by atoms with Gasteiger partial charge in [-0.25, -0.2) is 23.5 Å². The molecule has 1 aliphatic rings. The van der Waals surface area contributed by atoms with Gasteiger partial charge in [-0.2, -0.15) is 0 Å². The van der Waals surface area contributed by atoms with Crippen molar-refractivity contribution < 1.29 is 13.2 Å². The van der Waals surface area contributed by atoms with Crippen LogP contribution in [-0.4, -0.2) is 34.7 Å². The maximum atomic E-state index is 12.4. The number of rotatable bonds is 7. The van der Waals surface area contributed by atoms with Crippen LogP contribution in [0.1, 0.15) is 28.8 Å². The predicted octanol–water partition coefficient (Wildman–Crippen LogP) is 3.70. The molecule has 0 saturated heterocycles. The molecule has 0 aliphatic heterocycles. The van der Waals surface area contributed by atoms with Gasteiger partial charge < -0.3 is 10.6 Å². The fraction of sp³-hybridized carbons (Fsp3) is 0.148. The second kappa shape index (κ2) is 8.99. The standard InChI is InChI=1S/C27H24N6O3S/c28-37(35,36)21-13-5-17(6-14-21)15-29-25-26-30-16-24(33(26)23-4-2-1-3-22(23)32-25)18-7-9-19(10-8-18)27(34)31-20-11-12-20/h1-10,13-14,16,20H,11-12,15H2,(H,29,32)(H,31,34)(H2,28,35,36). The summed E-state index contributed by atoms with van der Waals surface area (Å²) in [7, 11) is -3.74. The van der Waals surface area contributed by atoms with Gasteiger partial charge >= 0.3 is 0 Å². The minimum Gasteiger partial charge on any atom is -0.363 e. The molecule has 186 valence electrons. The number of nitrogens with zero attached hydrogens (tertiary/aromatic N) is 3. The Morgan fingerprint density at radius 1 is 1.00 bits per heavy atom. The fourth-order valence-corrected chi connectivity index (χ4v) is 4.79. The number of hydrogen-bond donors (Lipinski definition) is 3. The Hall–Kier alpha value is -4.28. The number of anilines is 1. The molecule has 0 spiro atoms. The van der Waals surface area contributed by atoms with Gasteiger partial charge in [-0.1, -0.05) is 36.4 Å². The Bertz CT molecular complexity index is 1740. The fourth-order valence-electron chi connectivity index (χ4n) is 4.27. The molecule has 1 aliphatic carbocycles. The summed E-state index contributed by atoms with van der Waals surface area (Å²) in [6.07, 6.45) is 3.89. The van der Waals surface area contributed by atoms with E-state index in [1.54, 1.807) is 18.3 Å². The number of nitrogens with one attached hydrogen (secondary N) is 2. The van der Waals surface area contributed by atoms with Crippen molar-refractivity contribution in [1.29, 1.82) is 0 Å². The molecule has 9 nitrogen and oxygen atoms in total. The molecule has 1 saturated carbocycles. The zero-order chi connectivity index (χ0) is 25.6. The van der Waals surface area contributed by atoms with Crippen LogP contribution in [0.5, 0.6) is 0 Å². The van der Waals surface area contributed by atoms with Crippen molar-refractivity contribution in [2.75, 3.05) is 5.32 Å². The van der Waals surface area contributed by atoms with Crippen molar-refractivity contribution in [2.45, 2.75) is 30.3 Å². The molecule has 0 atom stereocenters. The number of fused-ring (bicyclic) bond motifs is 3. The number of amides is 1. The number of sulfonamides is 1. The summed E-state index contributed by atoms with van der Waals surface area (Å²) in [6.45, 7) is 0.416. The third kappa shape index (κ3) is 4.64. The lowest BCUT2D eigenvalue weighted by Gasteiger charge is -2.12. The van der Waals surface area contributed by atoms with Gasteiger partial charge in [-0.05, 0) is 54.8 Å². The maximum Gasteiger partial charge on any atom is 0.251 e. The highest BCUT2D eigenvalue weighted by molar-refractivity contribution is 7.89. The van der Waals surface area contributed by atoms with E-state index in [2.05, 4.69) is 15.6 Å². The molecule has 10 heteroatoms. The topological polar surface area (TPSA) is 131 Å². The average molecular weight is 513 g/mol. The van der Waals surface area contributed by atoms with Crippen LogP contribution in [0.15, 0.2) is 83.9 Å². The first-order valence-corrected chi connectivity index (χ1v) is 13.4.